The van der Waals surface area contributed by atoms with Gasteiger partial charge in [0.15, 0.2) is 27.2 Å². The van der Waals surface area contributed by atoms with E-state index in [-0.39, 0.29) is 12.1 Å². The Morgan fingerprint density at radius 2 is 2.03 bits per heavy atom. The van der Waals surface area contributed by atoms with Crippen LogP contribution in [0.3, 0.4) is 0 Å². The molecule has 5 heterocycles. The number of ether oxygens (including phenoxy) is 2. The summed E-state index contributed by atoms with van der Waals surface area (Å²) in [7, 11) is -1.72. The summed E-state index contributed by atoms with van der Waals surface area (Å²) in [4.78, 5) is 19.6. The number of rotatable bonds is 4. The van der Waals surface area contributed by atoms with Crippen molar-refractivity contribution < 1.29 is 17.9 Å². The van der Waals surface area contributed by atoms with Crippen LogP contribution in [0.5, 0.6) is 5.75 Å². The maximum atomic E-state index is 12.9. The number of aromatic amines is 1. The molecule has 1 fully saturated rings. The molecule has 1 saturated heterocycles. The molecule has 0 radical (unpaired) electrons. The second-order valence-electron chi connectivity index (χ2n) is 9.13. The highest BCUT2D eigenvalue weighted by Crippen LogP contribution is 2.45. The van der Waals surface area contributed by atoms with Gasteiger partial charge >= 0.3 is 0 Å². The van der Waals surface area contributed by atoms with Crippen LogP contribution in [0, 0.1) is 0 Å². The molecule has 0 bridgehead atoms. The lowest BCUT2D eigenvalue weighted by atomic mass is 10.0. The Morgan fingerprint density at radius 3 is 2.76 bits per heavy atom. The standard InChI is InChI=1S/C22H28N6O4S/c1-12-9-31-10-13-11-32-17-18(22(2,3)33(5,29)30)26-20(27-21(17)28(12)13)16-14-6-7-24-19(14)25-8-15(16)23-4/h6-8,12-13,23H,9-11H2,1-5H3,(H,24,25)/t12-,13+/m1/s1. The van der Waals surface area contributed by atoms with Gasteiger partial charge in [0.2, 0.25) is 0 Å². The van der Waals surface area contributed by atoms with Crippen LogP contribution in [0.25, 0.3) is 22.4 Å². The van der Waals surface area contributed by atoms with Crippen molar-refractivity contribution in [2.75, 3.05) is 43.3 Å². The Hall–Kier alpha value is -2.92. The van der Waals surface area contributed by atoms with Crippen LogP contribution in [0.2, 0.25) is 0 Å². The quantitative estimate of drug-likeness (QED) is 0.589. The molecule has 2 atom stereocenters. The summed E-state index contributed by atoms with van der Waals surface area (Å²) in [6.07, 6.45) is 4.75. The van der Waals surface area contributed by atoms with Crippen LogP contribution >= 0.6 is 0 Å². The van der Waals surface area contributed by atoms with Gasteiger partial charge in [-0.05, 0) is 26.8 Å². The van der Waals surface area contributed by atoms with Gasteiger partial charge < -0.3 is 24.7 Å². The normalized spacial score (nSPS) is 20.8. The molecule has 33 heavy (non-hydrogen) atoms. The molecule has 176 valence electrons. The molecular weight excluding hydrogens is 444 g/mol. The van der Waals surface area contributed by atoms with Crippen LogP contribution in [0.1, 0.15) is 26.5 Å². The molecule has 0 aromatic carbocycles. The number of nitrogens with zero attached hydrogens (tertiary/aromatic N) is 4. The van der Waals surface area contributed by atoms with Gasteiger partial charge in [0, 0.05) is 24.9 Å². The first-order valence-corrected chi connectivity index (χ1v) is 12.8. The summed E-state index contributed by atoms with van der Waals surface area (Å²) in [5.74, 6) is 1.44. The first kappa shape index (κ1) is 21.9. The van der Waals surface area contributed by atoms with E-state index in [0.29, 0.717) is 48.6 Å². The van der Waals surface area contributed by atoms with E-state index in [1.807, 2.05) is 19.3 Å². The lowest BCUT2D eigenvalue weighted by Crippen LogP contribution is -2.56. The van der Waals surface area contributed by atoms with E-state index in [0.717, 1.165) is 16.6 Å². The third-order valence-corrected chi connectivity index (χ3v) is 8.67. The predicted octanol–water partition coefficient (Wildman–Crippen LogP) is 2.33. The average molecular weight is 473 g/mol. The van der Waals surface area contributed by atoms with Gasteiger partial charge in [0.25, 0.3) is 0 Å². The van der Waals surface area contributed by atoms with Crippen molar-refractivity contribution in [3.05, 3.63) is 24.2 Å². The molecule has 0 amide bonds. The molecule has 3 aromatic heterocycles. The fourth-order valence-electron chi connectivity index (χ4n) is 4.47. The molecule has 0 spiro atoms. The fourth-order valence-corrected chi connectivity index (χ4v) is 4.95. The molecule has 3 aromatic rings. The van der Waals surface area contributed by atoms with E-state index in [2.05, 4.69) is 27.1 Å². The Morgan fingerprint density at radius 1 is 1.24 bits per heavy atom. The number of hydrogen-bond acceptors (Lipinski definition) is 9. The highest BCUT2D eigenvalue weighted by Gasteiger charge is 2.44. The number of fused-ring (bicyclic) bond motifs is 4. The van der Waals surface area contributed by atoms with E-state index >= 15 is 0 Å². The second kappa shape index (κ2) is 7.56. The van der Waals surface area contributed by atoms with Crippen molar-refractivity contribution in [3.63, 3.8) is 0 Å². The second-order valence-corrected chi connectivity index (χ2v) is 11.7. The molecule has 2 aliphatic rings. The summed E-state index contributed by atoms with van der Waals surface area (Å²) >= 11 is 0. The number of aromatic nitrogens is 4. The molecular formula is C22H28N6O4S. The van der Waals surface area contributed by atoms with Crippen molar-refractivity contribution in [2.24, 2.45) is 0 Å². The number of pyridine rings is 1. The summed E-state index contributed by atoms with van der Waals surface area (Å²) in [6.45, 7) is 6.84. The van der Waals surface area contributed by atoms with E-state index in [1.165, 1.54) is 6.26 Å². The lowest BCUT2D eigenvalue weighted by molar-refractivity contribution is 0.0482. The van der Waals surface area contributed by atoms with Gasteiger partial charge in [-0.2, -0.15) is 0 Å². The SMILES string of the molecule is CNc1cnc2[nH]ccc2c1-c1nc2c(c(C(C)(C)S(C)(=O)=O)n1)OC[C@@H]1COC[C@@H](C)N21. The van der Waals surface area contributed by atoms with Crippen molar-refractivity contribution in [1.82, 2.24) is 19.9 Å². The summed E-state index contributed by atoms with van der Waals surface area (Å²) in [6, 6.07) is 1.96. The van der Waals surface area contributed by atoms with Crippen LogP contribution in [0.15, 0.2) is 18.5 Å². The zero-order valence-electron chi connectivity index (χ0n) is 19.3. The number of H-pyrrole nitrogens is 1. The fraction of sp³-hybridized carbons (Fsp3) is 0.500. The van der Waals surface area contributed by atoms with Crippen molar-refractivity contribution in [3.8, 4) is 17.1 Å². The van der Waals surface area contributed by atoms with Gasteiger partial charge in [0.1, 0.15) is 22.7 Å². The van der Waals surface area contributed by atoms with E-state index in [1.54, 1.807) is 20.0 Å². The van der Waals surface area contributed by atoms with Crippen molar-refractivity contribution in [2.45, 2.75) is 37.6 Å². The molecule has 0 unspecified atom stereocenters. The highest BCUT2D eigenvalue weighted by atomic mass is 32.2. The van der Waals surface area contributed by atoms with E-state index < -0.39 is 14.6 Å². The molecule has 0 saturated carbocycles. The zero-order chi connectivity index (χ0) is 23.5. The minimum absolute atomic E-state index is 0.00770. The Bertz CT molecular complexity index is 1340. The van der Waals surface area contributed by atoms with Crippen molar-refractivity contribution >= 4 is 32.4 Å². The molecule has 10 nitrogen and oxygen atoms in total. The van der Waals surface area contributed by atoms with Crippen LogP contribution < -0.4 is 15.0 Å². The zero-order valence-corrected chi connectivity index (χ0v) is 20.2. The average Bonchev–Trinajstić information content (AvgIpc) is 3.25. The summed E-state index contributed by atoms with van der Waals surface area (Å²) in [5.41, 5.74) is 2.54. The van der Waals surface area contributed by atoms with Gasteiger partial charge in [-0.15, -0.1) is 0 Å². The topological polar surface area (TPSA) is 122 Å². The van der Waals surface area contributed by atoms with Gasteiger partial charge in [-0.1, -0.05) is 0 Å². The number of hydrogen-bond donors (Lipinski definition) is 2. The molecule has 0 aliphatic carbocycles. The minimum Gasteiger partial charge on any atom is -0.486 e. The number of sulfone groups is 1. The number of anilines is 2. The summed E-state index contributed by atoms with van der Waals surface area (Å²) < 4.78 is 36.3. The van der Waals surface area contributed by atoms with Gasteiger partial charge in [-0.3, -0.25) is 0 Å². The Labute approximate surface area is 192 Å². The number of nitrogens with one attached hydrogen (secondary N) is 2. The lowest BCUT2D eigenvalue weighted by Gasteiger charge is -2.45. The van der Waals surface area contributed by atoms with Crippen LogP contribution in [0.4, 0.5) is 11.5 Å². The number of morpholine rings is 1. The first-order valence-electron chi connectivity index (χ1n) is 10.9. The van der Waals surface area contributed by atoms with Gasteiger partial charge in [0.05, 0.1) is 42.7 Å². The maximum Gasteiger partial charge on any atom is 0.185 e. The predicted molar refractivity (Wildman–Crippen MR) is 127 cm³/mol. The molecule has 2 N–H and O–H groups in total. The van der Waals surface area contributed by atoms with Gasteiger partial charge in [-0.25, -0.2) is 23.4 Å². The third-order valence-electron chi connectivity index (χ3n) is 6.63. The summed E-state index contributed by atoms with van der Waals surface area (Å²) in [5, 5.41) is 4.01. The largest absolute Gasteiger partial charge is 0.486 e. The maximum absolute atomic E-state index is 12.9. The Kier molecular flexibility index (Phi) is 5.02. The van der Waals surface area contributed by atoms with E-state index in [4.69, 9.17) is 19.4 Å². The smallest absolute Gasteiger partial charge is 0.185 e. The molecule has 5 rings (SSSR count). The highest BCUT2D eigenvalue weighted by molar-refractivity contribution is 7.91. The molecule has 11 heteroatoms. The van der Waals surface area contributed by atoms with E-state index in [9.17, 15) is 8.42 Å². The van der Waals surface area contributed by atoms with Crippen molar-refractivity contribution in [1.29, 1.82) is 0 Å². The third kappa shape index (κ3) is 3.33. The Balaban J connectivity index is 1.84. The first-order chi connectivity index (χ1) is 15.6. The van der Waals surface area contributed by atoms with Crippen LogP contribution in [-0.4, -0.2) is 73.6 Å². The molecule has 2 aliphatic heterocycles. The minimum atomic E-state index is -3.53. The van der Waals surface area contributed by atoms with Crippen LogP contribution in [-0.2, 0) is 19.3 Å². The monoisotopic (exact) mass is 472 g/mol.